The van der Waals surface area contributed by atoms with Gasteiger partial charge in [-0.2, -0.15) is 0 Å². The van der Waals surface area contributed by atoms with Crippen molar-refractivity contribution >= 4 is 11.7 Å². The van der Waals surface area contributed by atoms with E-state index in [-0.39, 0.29) is 5.56 Å². The fraction of sp³-hybridized carbons (Fsp3) is 0.588. The summed E-state index contributed by atoms with van der Waals surface area (Å²) in [5.41, 5.74) is 0.458. The van der Waals surface area contributed by atoms with Crippen molar-refractivity contribution in [2.24, 2.45) is 11.8 Å². The van der Waals surface area contributed by atoms with Crippen LogP contribution < -0.4 is 5.32 Å². The largest absolute Gasteiger partial charge is 0.478 e. The van der Waals surface area contributed by atoms with Gasteiger partial charge in [-0.1, -0.05) is 25.7 Å². The fourth-order valence-corrected chi connectivity index (χ4v) is 4.02. The van der Waals surface area contributed by atoms with E-state index in [9.17, 15) is 9.18 Å². The van der Waals surface area contributed by atoms with Gasteiger partial charge in [0.15, 0.2) is 0 Å². The molecule has 2 saturated carbocycles. The lowest BCUT2D eigenvalue weighted by Gasteiger charge is -2.39. The summed E-state index contributed by atoms with van der Waals surface area (Å²) in [6.45, 7) is 0. The first-order valence-electron chi connectivity index (χ1n) is 7.93. The molecule has 3 nitrogen and oxygen atoms in total. The molecule has 21 heavy (non-hydrogen) atoms. The van der Waals surface area contributed by atoms with Crippen molar-refractivity contribution in [2.45, 2.75) is 51.0 Å². The minimum absolute atomic E-state index is 0.258. The second-order valence-electron chi connectivity index (χ2n) is 6.46. The molecular weight excluding hydrogens is 269 g/mol. The Morgan fingerprint density at radius 1 is 1.14 bits per heavy atom. The number of carbonyl (C=O) groups is 1. The van der Waals surface area contributed by atoms with E-state index < -0.39 is 11.8 Å². The smallest absolute Gasteiger partial charge is 0.338 e. The maximum atomic E-state index is 13.4. The highest BCUT2D eigenvalue weighted by molar-refractivity contribution is 5.89. The molecule has 3 unspecified atom stereocenters. The molecule has 0 aliphatic heterocycles. The summed E-state index contributed by atoms with van der Waals surface area (Å²) in [5.74, 6) is -0.194. The molecular formula is C17H22FNO2. The van der Waals surface area contributed by atoms with Gasteiger partial charge in [-0.15, -0.1) is 0 Å². The first-order chi connectivity index (χ1) is 10.1. The standard InChI is InChI=1S/C17H22FNO2/c18-16-8-7-14(10-15(16)17(20)21)19-13-6-5-11-3-1-2-4-12(11)9-13/h7-8,10-13,19H,1-6,9H2,(H,20,21). The zero-order chi connectivity index (χ0) is 14.8. The Kier molecular flexibility index (Phi) is 4.13. The van der Waals surface area contributed by atoms with Gasteiger partial charge in [0.2, 0.25) is 0 Å². The molecule has 0 bridgehead atoms. The Balaban J connectivity index is 1.66. The molecule has 2 fully saturated rings. The summed E-state index contributed by atoms with van der Waals surface area (Å²) in [6, 6.07) is 4.66. The van der Waals surface area contributed by atoms with Gasteiger partial charge in [-0.25, -0.2) is 9.18 Å². The Hall–Kier alpha value is -1.58. The van der Waals surface area contributed by atoms with Crippen LogP contribution in [0, 0.1) is 17.7 Å². The third kappa shape index (κ3) is 3.20. The van der Waals surface area contributed by atoms with Crippen LogP contribution in [-0.4, -0.2) is 17.1 Å². The van der Waals surface area contributed by atoms with Crippen LogP contribution in [0.2, 0.25) is 0 Å². The molecule has 114 valence electrons. The van der Waals surface area contributed by atoms with Crippen molar-refractivity contribution in [3.63, 3.8) is 0 Å². The lowest BCUT2D eigenvalue weighted by molar-refractivity contribution is 0.0692. The van der Waals surface area contributed by atoms with Gasteiger partial charge in [-0.3, -0.25) is 0 Å². The van der Waals surface area contributed by atoms with E-state index in [1.165, 1.54) is 44.2 Å². The highest BCUT2D eigenvalue weighted by atomic mass is 19.1. The Labute approximate surface area is 124 Å². The first-order valence-corrected chi connectivity index (χ1v) is 7.93. The molecule has 0 heterocycles. The van der Waals surface area contributed by atoms with E-state index in [1.54, 1.807) is 6.07 Å². The Morgan fingerprint density at radius 3 is 2.67 bits per heavy atom. The number of rotatable bonds is 3. The summed E-state index contributed by atoms with van der Waals surface area (Å²) in [4.78, 5) is 11.0. The average molecular weight is 291 g/mol. The number of nitrogens with one attached hydrogen (secondary N) is 1. The van der Waals surface area contributed by atoms with Crippen LogP contribution >= 0.6 is 0 Å². The number of carboxylic acids is 1. The van der Waals surface area contributed by atoms with Gasteiger partial charge in [-0.05, 0) is 49.3 Å². The fourth-order valence-electron chi connectivity index (χ4n) is 4.02. The number of halogens is 1. The van der Waals surface area contributed by atoms with Crippen LogP contribution in [0.5, 0.6) is 0 Å². The van der Waals surface area contributed by atoms with Crippen molar-refractivity contribution in [3.05, 3.63) is 29.6 Å². The third-order valence-electron chi connectivity index (χ3n) is 5.11. The third-order valence-corrected chi connectivity index (χ3v) is 5.11. The monoisotopic (exact) mass is 291 g/mol. The van der Waals surface area contributed by atoms with Gasteiger partial charge in [0.1, 0.15) is 5.82 Å². The zero-order valence-corrected chi connectivity index (χ0v) is 12.1. The van der Waals surface area contributed by atoms with E-state index in [4.69, 9.17) is 5.11 Å². The van der Waals surface area contributed by atoms with Gasteiger partial charge in [0.25, 0.3) is 0 Å². The van der Waals surface area contributed by atoms with E-state index >= 15 is 0 Å². The number of hydrogen-bond donors (Lipinski definition) is 2. The molecule has 2 aliphatic rings. The predicted octanol–water partition coefficient (Wildman–Crippen LogP) is 4.29. The van der Waals surface area contributed by atoms with Crippen LogP contribution in [0.1, 0.15) is 55.3 Å². The molecule has 0 amide bonds. The SMILES string of the molecule is O=C(O)c1cc(NC2CCC3CCCCC3C2)ccc1F. The molecule has 3 rings (SSSR count). The van der Waals surface area contributed by atoms with Crippen molar-refractivity contribution < 1.29 is 14.3 Å². The van der Waals surface area contributed by atoms with E-state index in [0.29, 0.717) is 11.7 Å². The van der Waals surface area contributed by atoms with Crippen molar-refractivity contribution in [3.8, 4) is 0 Å². The second-order valence-corrected chi connectivity index (χ2v) is 6.46. The molecule has 0 aromatic heterocycles. The van der Waals surface area contributed by atoms with Gasteiger partial charge in [0, 0.05) is 11.7 Å². The zero-order valence-electron chi connectivity index (χ0n) is 12.1. The predicted molar refractivity (Wildman–Crippen MR) is 80.1 cm³/mol. The van der Waals surface area contributed by atoms with E-state index in [1.807, 2.05) is 0 Å². The lowest BCUT2D eigenvalue weighted by atomic mass is 9.69. The van der Waals surface area contributed by atoms with E-state index in [0.717, 1.165) is 24.7 Å². The minimum Gasteiger partial charge on any atom is -0.478 e. The number of aromatic carboxylic acids is 1. The van der Waals surface area contributed by atoms with Gasteiger partial charge >= 0.3 is 5.97 Å². The van der Waals surface area contributed by atoms with Crippen LogP contribution in [0.4, 0.5) is 10.1 Å². The molecule has 1 aromatic rings. The molecule has 0 radical (unpaired) electrons. The molecule has 0 spiro atoms. The normalized spacial score (nSPS) is 28.7. The average Bonchev–Trinajstić information content (AvgIpc) is 2.49. The molecule has 0 saturated heterocycles. The van der Waals surface area contributed by atoms with Crippen LogP contribution in [-0.2, 0) is 0 Å². The minimum atomic E-state index is -1.22. The van der Waals surface area contributed by atoms with Crippen molar-refractivity contribution in [1.82, 2.24) is 0 Å². The molecule has 2 N–H and O–H groups in total. The first kappa shape index (κ1) is 14.4. The summed E-state index contributed by atoms with van der Waals surface area (Å²) in [7, 11) is 0. The topological polar surface area (TPSA) is 49.3 Å². The van der Waals surface area contributed by atoms with E-state index in [2.05, 4.69) is 5.32 Å². The highest BCUT2D eigenvalue weighted by Crippen LogP contribution is 2.41. The number of carboxylic acid groups (broad SMARTS) is 1. The lowest BCUT2D eigenvalue weighted by Crippen LogP contribution is -2.34. The summed E-state index contributed by atoms with van der Waals surface area (Å²) in [5, 5.41) is 12.4. The van der Waals surface area contributed by atoms with Crippen molar-refractivity contribution in [1.29, 1.82) is 0 Å². The number of fused-ring (bicyclic) bond motifs is 1. The van der Waals surface area contributed by atoms with Crippen LogP contribution in [0.15, 0.2) is 18.2 Å². The van der Waals surface area contributed by atoms with Crippen LogP contribution in [0.3, 0.4) is 0 Å². The number of hydrogen-bond acceptors (Lipinski definition) is 2. The molecule has 1 aromatic carbocycles. The molecule has 4 heteroatoms. The van der Waals surface area contributed by atoms with Gasteiger partial charge in [0.05, 0.1) is 5.56 Å². The molecule has 2 aliphatic carbocycles. The maximum absolute atomic E-state index is 13.4. The summed E-state index contributed by atoms with van der Waals surface area (Å²) in [6.07, 6.45) is 8.96. The summed E-state index contributed by atoms with van der Waals surface area (Å²) >= 11 is 0. The van der Waals surface area contributed by atoms with Gasteiger partial charge < -0.3 is 10.4 Å². The Morgan fingerprint density at radius 2 is 1.90 bits per heavy atom. The quantitative estimate of drug-likeness (QED) is 0.873. The van der Waals surface area contributed by atoms with Crippen molar-refractivity contribution in [2.75, 3.05) is 5.32 Å². The number of benzene rings is 1. The highest BCUT2D eigenvalue weighted by Gasteiger charge is 2.32. The molecule has 3 atom stereocenters. The summed E-state index contributed by atoms with van der Waals surface area (Å²) < 4.78 is 13.4. The maximum Gasteiger partial charge on any atom is 0.338 e. The second kappa shape index (κ2) is 6.04. The van der Waals surface area contributed by atoms with Crippen LogP contribution in [0.25, 0.3) is 0 Å². The number of anilines is 1. The Bertz CT molecular complexity index is 532.